The van der Waals surface area contributed by atoms with Crippen molar-refractivity contribution < 1.29 is 27.2 Å². The Hall–Kier alpha value is -3.89. The predicted octanol–water partition coefficient (Wildman–Crippen LogP) is 6.24. The second-order valence-corrected chi connectivity index (χ2v) is 14.5. The molecule has 44 heavy (non-hydrogen) atoms. The van der Waals surface area contributed by atoms with Gasteiger partial charge in [-0.3, -0.25) is 4.79 Å². The maximum absolute atomic E-state index is 13.9. The average Bonchev–Trinajstić information content (AvgIpc) is 3.38. The monoisotopic (exact) mass is 617 g/mol. The molecule has 2 heterocycles. The first-order chi connectivity index (χ1) is 21.0. The van der Waals surface area contributed by atoms with Gasteiger partial charge >= 0.3 is 6.09 Å². The molecule has 9 nitrogen and oxygen atoms in total. The van der Waals surface area contributed by atoms with Crippen LogP contribution in [-0.4, -0.2) is 61.5 Å². The number of rotatable bonds is 5. The normalized spacial score (nSPS) is 21.5. The minimum atomic E-state index is -3.77. The summed E-state index contributed by atoms with van der Waals surface area (Å²) in [5.74, 6) is -0.152. The third-order valence-electron chi connectivity index (χ3n) is 8.56. The molecule has 6 rings (SSSR count). The Morgan fingerprint density at radius 1 is 0.864 bits per heavy atom. The summed E-state index contributed by atoms with van der Waals surface area (Å²) in [6, 6.07) is 21.8. The molecule has 4 aromatic rings. The van der Waals surface area contributed by atoms with Crippen LogP contribution >= 0.6 is 0 Å². The number of hydrogen-bond acceptors (Lipinski definition) is 6. The quantitative estimate of drug-likeness (QED) is 0.284. The molecule has 2 fully saturated rings. The van der Waals surface area contributed by atoms with Gasteiger partial charge in [0.05, 0.1) is 10.9 Å². The highest BCUT2D eigenvalue weighted by Crippen LogP contribution is 2.34. The molecule has 0 bridgehead atoms. The number of amides is 2. The second-order valence-electron chi connectivity index (χ2n) is 12.8. The lowest BCUT2D eigenvalue weighted by Gasteiger charge is -2.43. The number of carbonyl (C=O) groups is 2. The van der Waals surface area contributed by atoms with Crippen LogP contribution in [0.2, 0.25) is 0 Å². The van der Waals surface area contributed by atoms with Crippen LogP contribution in [0.15, 0.2) is 82.1 Å². The highest BCUT2D eigenvalue weighted by molar-refractivity contribution is 7.89. The zero-order valence-corrected chi connectivity index (χ0v) is 26.2. The minimum Gasteiger partial charge on any atom is -0.456 e. The lowest BCUT2D eigenvalue weighted by Crippen LogP contribution is -2.54. The summed E-state index contributed by atoms with van der Waals surface area (Å²) in [4.78, 5) is 30.5. The molecule has 1 saturated heterocycles. The average molecular weight is 618 g/mol. The highest BCUT2D eigenvalue weighted by atomic mass is 32.2. The Morgan fingerprint density at radius 3 is 2.27 bits per heavy atom. The van der Waals surface area contributed by atoms with E-state index in [4.69, 9.17) is 9.15 Å². The number of ether oxygens (including phenoxy) is 1. The van der Waals surface area contributed by atoms with Gasteiger partial charge in [-0.15, -0.1) is 0 Å². The molecule has 1 atom stereocenters. The van der Waals surface area contributed by atoms with Crippen LogP contribution in [0, 0.1) is 5.92 Å². The maximum Gasteiger partial charge on any atom is 0.410 e. The van der Waals surface area contributed by atoms with E-state index in [1.165, 1.54) is 0 Å². The maximum atomic E-state index is 13.9. The summed E-state index contributed by atoms with van der Waals surface area (Å²) in [7, 11) is -3.77. The van der Waals surface area contributed by atoms with Crippen molar-refractivity contribution >= 4 is 44.0 Å². The van der Waals surface area contributed by atoms with Crippen molar-refractivity contribution in [3.8, 4) is 0 Å². The topological polar surface area (TPSA) is 109 Å². The molecule has 1 aromatic heterocycles. The molecule has 1 saturated carbocycles. The summed E-state index contributed by atoms with van der Waals surface area (Å²) in [6.07, 6.45) is 1.93. The SMILES string of the molecule is CC(C)(C)OC(=O)N1CCN(C(=O)C2CCC(NS(=O)(=O)c3ccc4c(c3)oc3ccccc34)CC2)C(c2ccccc2)C1. The molecule has 1 aliphatic heterocycles. The molecule has 0 radical (unpaired) electrons. The number of fused-ring (bicyclic) bond motifs is 3. The number of hydrogen-bond donors (Lipinski definition) is 1. The number of carbonyl (C=O) groups excluding carboxylic acids is 2. The van der Waals surface area contributed by atoms with Gasteiger partial charge in [0, 0.05) is 48.4 Å². The van der Waals surface area contributed by atoms with E-state index in [-0.39, 0.29) is 34.9 Å². The lowest BCUT2D eigenvalue weighted by atomic mass is 9.85. The van der Waals surface area contributed by atoms with E-state index in [9.17, 15) is 18.0 Å². The van der Waals surface area contributed by atoms with Gasteiger partial charge in [-0.25, -0.2) is 17.9 Å². The van der Waals surface area contributed by atoms with Crippen molar-refractivity contribution in [2.24, 2.45) is 5.92 Å². The minimum absolute atomic E-state index is 0.0549. The lowest BCUT2D eigenvalue weighted by molar-refractivity contribution is -0.142. The third kappa shape index (κ3) is 6.32. The standard InChI is InChI=1S/C34H39N3O6S/c1-34(2,3)43-33(39)36-19-20-37(29(22-36)23-9-5-4-6-10-23)32(38)24-13-15-25(16-14-24)35-44(40,41)26-17-18-28-27-11-7-8-12-30(27)42-31(28)21-26/h4-12,17-18,21,24-25,29,35H,13-16,19-20,22H2,1-3H3. The van der Waals surface area contributed by atoms with E-state index < -0.39 is 15.6 Å². The molecule has 1 unspecified atom stereocenters. The smallest absolute Gasteiger partial charge is 0.410 e. The van der Waals surface area contributed by atoms with E-state index in [1.54, 1.807) is 23.1 Å². The number of nitrogens with one attached hydrogen (secondary N) is 1. The van der Waals surface area contributed by atoms with Crippen molar-refractivity contribution in [3.05, 3.63) is 78.4 Å². The molecule has 232 valence electrons. The van der Waals surface area contributed by atoms with Crippen molar-refractivity contribution in [2.45, 2.75) is 69.0 Å². The molecule has 2 aliphatic rings. The fourth-order valence-corrected chi connectivity index (χ4v) is 7.67. The number of nitrogens with zero attached hydrogens (tertiary/aromatic N) is 2. The van der Waals surface area contributed by atoms with Gasteiger partial charge < -0.3 is 19.0 Å². The second kappa shape index (κ2) is 11.9. The number of para-hydroxylation sites is 1. The summed E-state index contributed by atoms with van der Waals surface area (Å²) in [5, 5.41) is 1.82. The van der Waals surface area contributed by atoms with Gasteiger partial charge in [0.2, 0.25) is 15.9 Å². The molecular formula is C34H39N3O6S. The predicted molar refractivity (Wildman–Crippen MR) is 168 cm³/mol. The van der Waals surface area contributed by atoms with Crippen LogP contribution in [0.5, 0.6) is 0 Å². The fraction of sp³-hybridized carbons (Fsp3) is 0.412. The number of benzene rings is 3. The fourth-order valence-electron chi connectivity index (χ4n) is 6.35. The molecular weight excluding hydrogens is 578 g/mol. The largest absolute Gasteiger partial charge is 0.456 e. The Balaban J connectivity index is 1.11. The molecule has 2 amide bonds. The summed E-state index contributed by atoms with van der Waals surface area (Å²) < 4.78 is 41.0. The van der Waals surface area contributed by atoms with Crippen molar-refractivity contribution in [2.75, 3.05) is 19.6 Å². The van der Waals surface area contributed by atoms with E-state index in [1.807, 2.05) is 80.3 Å². The van der Waals surface area contributed by atoms with Gasteiger partial charge in [0.15, 0.2) is 0 Å². The Labute approximate surface area is 258 Å². The van der Waals surface area contributed by atoms with Crippen LogP contribution in [0.4, 0.5) is 4.79 Å². The number of sulfonamides is 1. The number of furan rings is 1. The van der Waals surface area contributed by atoms with Crippen LogP contribution < -0.4 is 4.72 Å². The first-order valence-corrected chi connectivity index (χ1v) is 16.7. The Kier molecular flexibility index (Phi) is 8.15. The first kappa shape index (κ1) is 30.1. The zero-order valence-electron chi connectivity index (χ0n) is 25.4. The van der Waals surface area contributed by atoms with Crippen LogP contribution in [0.1, 0.15) is 58.1 Å². The van der Waals surface area contributed by atoms with Crippen molar-refractivity contribution in [3.63, 3.8) is 0 Å². The van der Waals surface area contributed by atoms with Crippen molar-refractivity contribution in [1.82, 2.24) is 14.5 Å². The van der Waals surface area contributed by atoms with Gasteiger partial charge in [-0.1, -0.05) is 48.5 Å². The highest BCUT2D eigenvalue weighted by Gasteiger charge is 2.39. The van der Waals surface area contributed by atoms with E-state index in [2.05, 4.69) is 4.72 Å². The molecule has 0 spiro atoms. The Morgan fingerprint density at radius 2 is 1.55 bits per heavy atom. The zero-order chi connectivity index (χ0) is 31.1. The van der Waals surface area contributed by atoms with E-state index >= 15 is 0 Å². The third-order valence-corrected chi connectivity index (χ3v) is 10.1. The van der Waals surface area contributed by atoms with Crippen LogP contribution in [0.25, 0.3) is 21.9 Å². The summed E-state index contributed by atoms with van der Waals surface area (Å²) in [5.41, 5.74) is 1.61. The van der Waals surface area contributed by atoms with Gasteiger partial charge in [0.1, 0.15) is 16.8 Å². The number of piperazine rings is 1. The molecule has 10 heteroatoms. The molecule has 1 aliphatic carbocycles. The molecule has 1 N–H and O–H groups in total. The van der Waals surface area contributed by atoms with Gasteiger partial charge in [0.25, 0.3) is 0 Å². The van der Waals surface area contributed by atoms with Gasteiger partial charge in [-0.05, 0) is 70.2 Å². The van der Waals surface area contributed by atoms with Crippen molar-refractivity contribution in [1.29, 1.82) is 0 Å². The Bertz CT molecular complexity index is 1770. The molecule has 3 aromatic carbocycles. The summed E-state index contributed by atoms with van der Waals surface area (Å²) >= 11 is 0. The van der Waals surface area contributed by atoms with Gasteiger partial charge in [-0.2, -0.15) is 0 Å². The summed E-state index contributed by atoms with van der Waals surface area (Å²) in [6.45, 7) is 6.69. The first-order valence-electron chi connectivity index (χ1n) is 15.3. The van der Waals surface area contributed by atoms with E-state index in [0.717, 1.165) is 16.3 Å². The van der Waals surface area contributed by atoms with Crippen LogP contribution in [-0.2, 0) is 19.6 Å². The van der Waals surface area contributed by atoms with E-state index in [0.29, 0.717) is 56.5 Å². The van der Waals surface area contributed by atoms with Crippen LogP contribution in [0.3, 0.4) is 0 Å².